The van der Waals surface area contributed by atoms with Gasteiger partial charge in [-0.3, -0.25) is 4.90 Å². The highest BCUT2D eigenvalue weighted by Gasteiger charge is 2.18. The van der Waals surface area contributed by atoms with Crippen molar-refractivity contribution in [1.82, 2.24) is 4.90 Å². The van der Waals surface area contributed by atoms with Gasteiger partial charge in [-0.05, 0) is 23.3 Å². The normalized spacial score (nSPS) is 15.1. The Kier molecular flexibility index (Phi) is 2.97. The minimum Gasteiger partial charge on any atom is -0.326 e. The standard InChI is InChI=1S/C14H16N2S/c15-7-13-5-6-14(17-13)10-16-8-11-3-1-2-4-12(11)9-16/h1-6H,7-10,15H2. The topological polar surface area (TPSA) is 29.3 Å². The van der Waals surface area contributed by atoms with Gasteiger partial charge < -0.3 is 5.73 Å². The van der Waals surface area contributed by atoms with Gasteiger partial charge in [0.15, 0.2) is 0 Å². The second kappa shape index (κ2) is 4.61. The predicted molar refractivity (Wildman–Crippen MR) is 71.6 cm³/mol. The molecular weight excluding hydrogens is 228 g/mol. The van der Waals surface area contributed by atoms with Crippen molar-refractivity contribution in [2.75, 3.05) is 0 Å². The molecule has 0 radical (unpaired) electrons. The second-order valence-corrected chi connectivity index (χ2v) is 5.74. The third-order valence-electron chi connectivity index (χ3n) is 3.20. The molecule has 2 N–H and O–H groups in total. The average molecular weight is 244 g/mol. The number of thiophene rings is 1. The van der Waals surface area contributed by atoms with E-state index in [2.05, 4.69) is 41.3 Å². The Hall–Kier alpha value is -1.16. The van der Waals surface area contributed by atoms with Crippen molar-refractivity contribution in [3.63, 3.8) is 0 Å². The summed E-state index contributed by atoms with van der Waals surface area (Å²) < 4.78 is 0. The van der Waals surface area contributed by atoms with Crippen molar-refractivity contribution in [3.8, 4) is 0 Å². The Bertz CT molecular complexity index is 493. The summed E-state index contributed by atoms with van der Waals surface area (Å²) in [5.74, 6) is 0. The van der Waals surface area contributed by atoms with E-state index in [0.717, 1.165) is 19.6 Å². The van der Waals surface area contributed by atoms with E-state index in [0.29, 0.717) is 6.54 Å². The first-order valence-electron chi connectivity index (χ1n) is 5.92. The van der Waals surface area contributed by atoms with E-state index in [1.165, 1.54) is 20.9 Å². The fourth-order valence-electron chi connectivity index (χ4n) is 2.35. The molecule has 0 unspecified atom stereocenters. The maximum Gasteiger partial charge on any atom is 0.0335 e. The van der Waals surface area contributed by atoms with Crippen molar-refractivity contribution in [2.45, 2.75) is 26.2 Å². The summed E-state index contributed by atoms with van der Waals surface area (Å²) >= 11 is 1.83. The second-order valence-electron chi connectivity index (χ2n) is 4.49. The van der Waals surface area contributed by atoms with Crippen LogP contribution in [-0.2, 0) is 26.2 Å². The van der Waals surface area contributed by atoms with Crippen LogP contribution in [0.5, 0.6) is 0 Å². The lowest BCUT2D eigenvalue weighted by Crippen LogP contribution is -2.14. The van der Waals surface area contributed by atoms with Crippen LogP contribution in [0.1, 0.15) is 20.9 Å². The Morgan fingerprint density at radius 1 is 1.00 bits per heavy atom. The van der Waals surface area contributed by atoms with Gasteiger partial charge in [-0.2, -0.15) is 0 Å². The fourth-order valence-corrected chi connectivity index (χ4v) is 3.29. The SMILES string of the molecule is NCc1ccc(CN2Cc3ccccc3C2)s1. The number of hydrogen-bond donors (Lipinski definition) is 1. The highest BCUT2D eigenvalue weighted by atomic mass is 32.1. The van der Waals surface area contributed by atoms with Crippen LogP contribution in [0.2, 0.25) is 0 Å². The Morgan fingerprint density at radius 2 is 1.65 bits per heavy atom. The number of fused-ring (bicyclic) bond motifs is 1. The van der Waals surface area contributed by atoms with Gasteiger partial charge in [0.2, 0.25) is 0 Å². The van der Waals surface area contributed by atoms with Gasteiger partial charge in [-0.25, -0.2) is 0 Å². The number of nitrogens with zero attached hydrogens (tertiary/aromatic N) is 1. The van der Waals surface area contributed by atoms with E-state index < -0.39 is 0 Å². The summed E-state index contributed by atoms with van der Waals surface area (Å²) in [5.41, 5.74) is 8.59. The molecule has 3 rings (SSSR count). The van der Waals surface area contributed by atoms with E-state index in [-0.39, 0.29) is 0 Å². The highest BCUT2D eigenvalue weighted by Crippen LogP contribution is 2.26. The molecule has 1 aromatic carbocycles. The molecule has 3 heteroatoms. The van der Waals surface area contributed by atoms with Gasteiger partial charge in [-0.15, -0.1) is 11.3 Å². The molecule has 0 bridgehead atoms. The highest BCUT2D eigenvalue weighted by molar-refractivity contribution is 7.11. The molecule has 0 fully saturated rings. The fraction of sp³-hybridized carbons (Fsp3) is 0.286. The van der Waals surface area contributed by atoms with E-state index in [9.17, 15) is 0 Å². The van der Waals surface area contributed by atoms with Crippen molar-refractivity contribution < 1.29 is 0 Å². The third-order valence-corrected chi connectivity index (χ3v) is 4.30. The Labute approximate surface area is 106 Å². The first-order valence-corrected chi connectivity index (χ1v) is 6.73. The van der Waals surface area contributed by atoms with Gasteiger partial charge in [0.25, 0.3) is 0 Å². The lowest BCUT2D eigenvalue weighted by atomic mass is 10.1. The summed E-state index contributed by atoms with van der Waals surface area (Å²) in [7, 11) is 0. The molecule has 88 valence electrons. The lowest BCUT2D eigenvalue weighted by molar-refractivity contribution is 0.278. The molecular formula is C14H16N2S. The Balaban J connectivity index is 1.69. The molecule has 2 heterocycles. The summed E-state index contributed by atoms with van der Waals surface area (Å²) in [6.07, 6.45) is 0. The van der Waals surface area contributed by atoms with E-state index >= 15 is 0 Å². The van der Waals surface area contributed by atoms with Gasteiger partial charge in [-0.1, -0.05) is 24.3 Å². The Morgan fingerprint density at radius 3 is 2.24 bits per heavy atom. The molecule has 0 saturated carbocycles. The lowest BCUT2D eigenvalue weighted by Gasteiger charge is -2.12. The largest absolute Gasteiger partial charge is 0.326 e. The minimum atomic E-state index is 0.658. The molecule has 1 aromatic heterocycles. The van der Waals surface area contributed by atoms with Crippen LogP contribution in [0.25, 0.3) is 0 Å². The third kappa shape index (κ3) is 2.27. The number of benzene rings is 1. The van der Waals surface area contributed by atoms with Gasteiger partial charge in [0.05, 0.1) is 0 Å². The van der Waals surface area contributed by atoms with E-state index in [1.54, 1.807) is 0 Å². The first kappa shape index (κ1) is 11.0. The molecule has 17 heavy (non-hydrogen) atoms. The predicted octanol–water partition coefficient (Wildman–Crippen LogP) is 2.72. The molecule has 1 aliphatic heterocycles. The maximum absolute atomic E-state index is 5.64. The molecule has 1 aliphatic rings. The summed E-state index contributed by atoms with van der Waals surface area (Å²) in [4.78, 5) is 5.17. The molecule has 2 nitrogen and oxygen atoms in total. The summed E-state index contributed by atoms with van der Waals surface area (Å²) in [6.45, 7) is 3.85. The minimum absolute atomic E-state index is 0.658. The van der Waals surface area contributed by atoms with Crippen molar-refractivity contribution >= 4 is 11.3 Å². The molecule has 0 spiro atoms. The average Bonchev–Trinajstić information content (AvgIpc) is 2.94. The van der Waals surface area contributed by atoms with E-state index in [1.807, 2.05) is 11.3 Å². The zero-order valence-electron chi connectivity index (χ0n) is 9.73. The quantitative estimate of drug-likeness (QED) is 0.899. The monoisotopic (exact) mass is 244 g/mol. The number of rotatable bonds is 3. The zero-order chi connectivity index (χ0) is 11.7. The van der Waals surface area contributed by atoms with E-state index in [4.69, 9.17) is 5.73 Å². The van der Waals surface area contributed by atoms with Crippen LogP contribution in [0.3, 0.4) is 0 Å². The molecule has 2 aromatic rings. The van der Waals surface area contributed by atoms with Crippen LogP contribution in [-0.4, -0.2) is 4.90 Å². The van der Waals surface area contributed by atoms with Gasteiger partial charge in [0.1, 0.15) is 0 Å². The molecule has 0 atom stereocenters. The van der Waals surface area contributed by atoms with Gasteiger partial charge in [0, 0.05) is 35.9 Å². The molecule has 0 amide bonds. The number of nitrogens with two attached hydrogens (primary N) is 1. The number of hydrogen-bond acceptors (Lipinski definition) is 3. The van der Waals surface area contributed by atoms with Crippen molar-refractivity contribution in [2.24, 2.45) is 5.73 Å². The zero-order valence-corrected chi connectivity index (χ0v) is 10.5. The maximum atomic E-state index is 5.64. The summed E-state index contributed by atoms with van der Waals surface area (Å²) in [6, 6.07) is 13.1. The van der Waals surface area contributed by atoms with Crippen molar-refractivity contribution in [3.05, 3.63) is 57.3 Å². The first-order chi connectivity index (χ1) is 8.35. The molecule has 0 aliphatic carbocycles. The van der Waals surface area contributed by atoms with Crippen LogP contribution in [0.15, 0.2) is 36.4 Å². The van der Waals surface area contributed by atoms with Crippen LogP contribution < -0.4 is 5.73 Å². The summed E-state index contributed by atoms with van der Waals surface area (Å²) in [5, 5.41) is 0. The van der Waals surface area contributed by atoms with Crippen LogP contribution >= 0.6 is 11.3 Å². The van der Waals surface area contributed by atoms with Gasteiger partial charge >= 0.3 is 0 Å². The smallest absolute Gasteiger partial charge is 0.0335 e. The van der Waals surface area contributed by atoms with Crippen LogP contribution in [0, 0.1) is 0 Å². The molecule has 0 saturated heterocycles. The van der Waals surface area contributed by atoms with Crippen molar-refractivity contribution in [1.29, 1.82) is 0 Å². The van der Waals surface area contributed by atoms with Crippen LogP contribution in [0.4, 0.5) is 0 Å².